The Balaban J connectivity index is 1.32. The van der Waals surface area contributed by atoms with Crippen LogP contribution in [-0.2, 0) is 11.2 Å². The van der Waals surface area contributed by atoms with E-state index in [1.807, 2.05) is 18.0 Å². The van der Waals surface area contributed by atoms with Crippen LogP contribution in [0.1, 0.15) is 82.6 Å². The minimum absolute atomic E-state index is 0.337. The molecule has 4 rings (SSSR count). The maximum absolute atomic E-state index is 13.5. The van der Waals surface area contributed by atoms with Gasteiger partial charge in [0.1, 0.15) is 5.01 Å². The van der Waals surface area contributed by atoms with E-state index in [2.05, 4.69) is 21.7 Å². The summed E-state index contributed by atoms with van der Waals surface area (Å²) in [5, 5.41) is 1.01. The molecule has 0 aromatic carbocycles. The lowest BCUT2D eigenvalue weighted by Crippen LogP contribution is -2.49. The third-order valence-corrected chi connectivity index (χ3v) is 9.49. The minimum atomic E-state index is 0.337. The predicted molar refractivity (Wildman–Crippen MR) is 127 cm³/mol. The molecule has 1 aliphatic heterocycles. The van der Waals surface area contributed by atoms with E-state index in [-0.39, 0.29) is 0 Å². The first kappa shape index (κ1) is 22.6. The molecule has 1 saturated heterocycles. The number of nitrogens with zero attached hydrogens (tertiary/aromatic N) is 3. The van der Waals surface area contributed by atoms with Gasteiger partial charge in [0.05, 0.1) is 16.8 Å². The highest BCUT2D eigenvalue weighted by atomic mass is 32.2. The highest BCUT2D eigenvalue weighted by molar-refractivity contribution is 8.01. The quantitative estimate of drug-likeness (QED) is 0.483. The average molecular weight is 450 g/mol. The highest BCUT2D eigenvalue weighted by Gasteiger charge is 2.33. The largest absolute Gasteiger partial charge is 0.336 e. The Hall–Kier alpha value is -0.590. The molecule has 0 unspecified atom stereocenters. The van der Waals surface area contributed by atoms with Crippen molar-refractivity contribution in [2.45, 2.75) is 100 Å². The van der Waals surface area contributed by atoms with E-state index >= 15 is 0 Å². The standard InChI is InChI=1S/C24H39N3OS2/c1-19-9-11-21(12-10-19)27(20-7-3-2-4-8-20)23(28)17-22-25-18-24(30-22)29-16-15-26-13-5-6-14-26/h18-21H,2-17H2,1H3. The zero-order valence-corrected chi connectivity index (χ0v) is 20.3. The van der Waals surface area contributed by atoms with Crippen molar-refractivity contribution in [2.24, 2.45) is 5.92 Å². The molecule has 1 aromatic rings. The van der Waals surface area contributed by atoms with Crippen molar-refractivity contribution in [1.82, 2.24) is 14.8 Å². The van der Waals surface area contributed by atoms with Gasteiger partial charge in [0, 0.05) is 24.4 Å². The normalized spacial score (nSPS) is 26.2. The monoisotopic (exact) mass is 449 g/mol. The second-order valence-corrected chi connectivity index (χ2v) is 12.2. The smallest absolute Gasteiger partial charge is 0.229 e. The van der Waals surface area contributed by atoms with Gasteiger partial charge in [0.25, 0.3) is 0 Å². The van der Waals surface area contributed by atoms with Gasteiger partial charge in [-0.2, -0.15) is 0 Å². The molecule has 1 aromatic heterocycles. The molecule has 0 atom stereocenters. The van der Waals surface area contributed by atoms with Crippen LogP contribution in [0.25, 0.3) is 0 Å². The lowest BCUT2D eigenvalue weighted by atomic mass is 9.84. The molecule has 2 saturated carbocycles. The summed E-state index contributed by atoms with van der Waals surface area (Å²) < 4.78 is 1.27. The summed E-state index contributed by atoms with van der Waals surface area (Å²) in [5.41, 5.74) is 0. The van der Waals surface area contributed by atoms with Crippen LogP contribution in [0.4, 0.5) is 0 Å². The van der Waals surface area contributed by atoms with Crippen LogP contribution in [0.2, 0.25) is 0 Å². The Morgan fingerprint density at radius 3 is 2.50 bits per heavy atom. The second-order valence-electron chi connectivity index (χ2n) is 9.65. The molecule has 0 bridgehead atoms. The average Bonchev–Trinajstić information content (AvgIpc) is 3.43. The van der Waals surface area contributed by atoms with Gasteiger partial charge in [-0.05, 0) is 70.4 Å². The summed E-state index contributed by atoms with van der Waals surface area (Å²) in [4.78, 5) is 23.0. The van der Waals surface area contributed by atoms with E-state index in [1.54, 1.807) is 11.3 Å². The third kappa shape index (κ3) is 6.23. The van der Waals surface area contributed by atoms with Gasteiger partial charge in [-0.15, -0.1) is 23.1 Å². The molecule has 0 N–H and O–H groups in total. The van der Waals surface area contributed by atoms with Crippen LogP contribution in [0.3, 0.4) is 0 Å². The maximum Gasteiger partial charge on any atom is 0.229 e. The number of thiazole rings is 1. The summed E-state index contributed by atoms with van der Waals surface area (Å²) >= 11 is 3.65. The number of thioether (sulfide) groups is 1. The second kappa shape index (κ2) is 11.3. The first-order valence-corrected chi connectivity index (χ1v) is 14.1. The van der Waals surface area contributed by atoms with E-state index in [9.17, 15) is 4.79 Å². The highest BCUT2D eigenvalue weighted by Crippen LogP contribution is 2.33. The molecule has 6 heteroatoms. The van der Waals surface area contributed by atoms with Gasteiger partial charge in [0.15, 0.2) is 0 Å². The van der Waals surface area contributed by atoms with E-state index in [1.165, 1.54) is 94.5 Å². The van der Waals surface area contributed by atoms with Gasteiger partial charge in [-0.25, -0.2) is 4.98 Å². The van der Waals surface area contributed by atoms with Gasteiger partial charge < -0.3 is 9.80 Å². The summed E-state index contributed by atoms with van der Waals surface area (Å²) in [6, 6.07) is 0.935. The van der Waals surface area contributed by atoms with Gasteiger partial charge in [-0.3, -0.25) is 4.79 Å². The van der Waals surface area contributed by atoms with Crippen LogP contribution >= 0.6 is 23.1 Å². The molecule has 0 radical (unpaired) electrons. The van der Waals surface area contributed by atoms with Crippen LogP contribution in [-0.4, -0.2) is 58.2 Å². The van der Waals surface area contributed by atoms with E-state index in [0.717, 1.165) is 16.7 Å². The molecule has 168 valence electrons. The van der Waals surface area contributed by atoms with Crippen molar-refractivity contribution < 1.29 is 4.79 Å². The van der Waals surface area contributed by atoms with Crippen LogP contribution < -0.4 is 0 Å². The summed E-state index contributed by atoms with van der Waals surface area (Å²) in [7, 11) is 0. The molecule has 2 aliphatic carbocycles. The Morgan fingerprint density at radius 1 is 1.07 bits per heavy atom. The van der Waals surface area contributed by atoms with Gasteiger partial charge in [-0.1, -0.05) is 26.2 Å². The number of carbonyl (C=O) groups excluding carboxylic acids is 1. The SMILES string of the molecule is CC1CCC(N(C(=O)Cc2ncc(SCCN3CCCC3)s2)C2CCCCC2)CC1. The first-order valence-electron chi connectivity index (χ1n) is 12.3. The molecular weight excluding hydrogens is 410 g/mol. The zero-order chi connectivity index (χ0) is 20.8. The number of rotatable bonds is 8. The molecule has 30 heavy (non-hydrogen) atoms. The molecule has 4 nitrogen and oxygen atoms in total. The van der Waals surface area contributed by atoms with Crippen molar-refractivity contribution in [3.05, 3.63) is 11.2 Å². The molecule has 0 spiro atoms. The molecule has 1 amide bonds. The van der Waals surface area contributed by atoms with Crippen molar-refractivity contribution in [3.63, 3.8) is 0 Å². The maximum atomic E-state index is 13.5. The lowest BCUT2D eigenvalue weighted by molar-refractivity contribution is -0.137. The van der Waals surface area contributed by atoms with E-state index < -0.39 is 0 Å². The van der Waals surface area contributed by atoms with Crippen molar-refractivity contribution in [2.75, 3.05) is 25.4 Å². The molecular formula is C24H39N3OS2. The predicted octanol–water partition coefficient (Wildman–Crippen LogP) is 5.61. The fraction of sp³-hybridized carbons (Fsp3) is 0.833. The Bertz CT molecular complexity index is 659. The number of carbonyl (C=O) groups is 1. The molecule has 3 fully saturated rings. The summed E-state index contributed by atoms with van der Waals surface area (Å²) in [6.45, 7) is 6.06. The fourth-order valence-electron chi connectivity index (χ4n) is 5.53. The van der Waals surface area contributed by atoms with E-state index in [4.69, 9.17) is 0 Å². The molecule has 2 heterocycles. The number of likely N-dealkylation sites (tertiary alicyclic amines) is 1. The summed E-state index contributed by atoms with van der Waals surface area (Å²) in [6.07, 6.45) is 16.5. The Labute approximate surface area is 191 Å². The van der Waals surface area contributed by atoms with Crippen LogP contribution in [0.5, 0.6) is 0 Å². The Morgan fingerprint density at radius 2 is 1.77 bits per heavy atom. The van der Waals surface area contributed by atoms with Crippen LogP contribution in [0.15, 0.2) is 10.4 Å². The zero-order valence-electron chi connectivity index (χ0n) is 18.7. The topological polar surface area (TPSA) is 36.4 Å². The van der Waals surface area contributed by atoms with E-state index in [0.29, 0.717) is 24.4 Å². The molecule has 3 aliphatic rings. The van der Waals surface area contributed by atoms with Crippen molar-refractivity contribution >= 4 is 29.0 Å². The van der Waals surface area contributed by atoms with Crippen LogP contribution in [0, 0.1) is 5.92 Å². The number of hydrogen-bond acceptors (Lipinski definition) is 5. The summed E-state index contributed by atoms with van der Waals surface area (Å²) in [5.74, 6) is 2.29. The number of amides is 1. The van der Waals surface area contributed by atoms with Gasteiger partial charge >= 0.3 is 0 Å². The number of aromatic nitrogens is 1. The third-order valence-electron chi connectivity index (χ3n) is 7.32. The van der Waals surface area contributed by atoms with Gasteiger partial charge in [0.2, 0.25) is 5.91 Å². The Kier molecular flexibility index (Phi) is 8.53. The first-order chi connectivity index (χ1) is 14.7. The van der Waals surface area contributed by atoms with Crippen molar-refractivity contribution in [3.8, 4) is 0 Å². The minimum Gasteiger partial charge on any atom is -0.336 e. The number of hydrogen-bond donors (Lipinski definition) is 0. The fourth-order valence-corrected chi connectivity index (χ4v) is 7.62. The van der Waals surface area contributed by atoms with Crippen molar-refractivity contribution in [1.29, 1.82) is 0 Å². The lowest BCUT2D eigenvalue weighted by Gasteiger charge is -2.42.